The van der Waals surface area contributed by atoms with Crippen LogP contribution in [0.3, 0.4) is 0 Å². The number of amides is 2. The monoisotopic (exact) mass is 501 g/mol. The second kappa shape index (κ2) is 9.99. The van der Waals surface area contributed by atoms with Crippen LogP contribution in [0, 0.1) is 12.8 Å². The van der Waals surface area contributed by atoms with Crippen LogP contribution in [0.5, 0.6) is 0 Å². The van der Waals surface area contributed by atoms with Crippen molar-refractivity contribution in [3.63, 3.8) is 0 Å². The van der Waals surface area contributed by atoms with Gasteiger partial charge in [0.25, 0.3) is 0 Å². The molecule has 178 valence electrons. The number of benzene rings is 2. The van der Waals surface area contributed by atoms with Gasteiger partial charge in [-0.25, -0.2) is 13.4 Å². The van der Waals surface area contributed by atoms with E-state index < -0.39 is 15.8 Å². The molecule has 1 fully saturated rings. The van der Waals surface area contributed by atoms with Crippen molar-refractivity contribution in [2.24, 2.45) is 5.92 Å². The number of aromatic nitrogens is 1. The lowest BCUT2D eigenvalue weighted by atomic mass is 10.0. The molecule has 4 rings (SSSR count). The summed E-state index contributed by atoms with van der Waals surface area (Å²) in [6, 6.07) is 12.2. The van der Waals surface area contributed by atoms with Crippen LogP contribution in [0.1, 0.15) is 18.4 Å². The number of aryl methyl sites for hydroxylation is 1. The molecule has 1 aromatic heterocycles. The van der Waals surface area contributed by atoms with E-state index in [1.807, 2.05) is 6.92 Å². The average molecular weight is 502 g/mol. The van der Waals surface area contributed by atoms with Crippen molar-refractivity contribution < 1.29 is 22.4 Å². The second-order valence-electron chi connectivity index (χ2n) is 8.28. The number of anilines is 2. The van der Waals surface area contributed by atoms with Crippen LogP contribution in [-0.2, 0) is 19.4 Å². The third kappa shape index (κ3) is 5.66. The van der Waals surface area contributed by atoms with E-state index in [0.29, 0.717) is 22.1 Å². The molecule has 10 heteroatoms. The predicted octanol–water partition coefficient (Wildman–Crippen LogP) is 4.10. The van der Waals surface area contributed by atoms with Crippen LogP contribution in [0.15, 0.2) is 59.5 Å². The number of oxazole rings is 1. The Balaban J connectivity index is 1.51. The molecule has 3 aromatic rings. The van der Waals surface area contributed by atoms with Crippen LogP contribution in [0.4, 0.5) is 11.4 Å². The summed E-state index contributed by atoms with van der Waals surface area (Å²) in [4.78, 5) is 31.8. The zero-order chi connectivity index (χ0) is 24.3. The van der Waals surface area contributed by atoms with E-state index in [2.05, 4.69) is 10.3 Å². The lowest BCUT2D eigenvalue weighted by Crippen LogP contribution is -2.43. The molecular weight excluding hydrogens is 478 g/mol. The molecule has 1 N–H and O–H groups in total. The first-order valence-electron chi connectivity index (χ1n) is 10.8. The van der Waals surface area contributed by atoms with Gasteiger partial charge in [-0.15, -0.1) is 0 Å². The molecule has 8 nitrogen and oxygen atoms in total. The zero-order valence-corrected chi connectivity index (χ0v) is 20.1. The molecule has 2 aromatic carbocycles. The van der Waals surface area contributed by atoms with E-state index in [0.717, 1.165) is 11.1 Å². The number of halogens is 1. The first-order valence-corrected chi connectivity index (χ1v) is 13.0. The van der Waals surface area contributed by atoms with Crippen molar-refractivity contribution in [2.45, 2.75) is 19.8 Å². The summed E-state index contributed by atoms with van der Waals surface area (Å²) in [7, 11) is -3.11. The molecule has 0 radical (unpaired) electrons. The number of rotatable bonds is 6. The van der Waals surface area contributed by atoms with Gasteiger partial charge in [0.2, 0.25) is 11.8 Å². The Morgan fingerprint density at radius 2 is 1.85 bits per heavy atom. The minimum absolute atomic E-state index is 0.0268. The fraction of sp³-hybridized carbons (Fsp3) is 0.292. The van der Waals surface area contributed by atoms with E-state index in [1.165, 1.54) is 17.6 Å². The van der Waals surface area contributed by atoms with Crippen molar-refractivity contribution in [1.82, 2.24) is 4.98 Å². The van der Waals surface area contributed by atoms with Gasteiger partial charge in [0.1, 0.15) is 28.3 Å². The molecule has 0 spiro atoms. The minimum Gasteiger partial charge on any atom is -0.451 e. The molecule has 1 saturated heterocycles. The maximum Gasteiger partial charge on any atom is 0.244 e. The lowest BCUT2D eigenvalue weighted by molar-refractivity contribution is -0.124. The third-order valence-corrected chi connectivity index (χ3v) is 7.96. The van der Waals surface area contributed by atoms with Crippen LogP contribution in [0.2, 0.25) is 5.02 Å². The van der Waals surface area contributed by atoms with Crippen LogP contribution in [-0.4, -0.2) is 43.3 Å². The van der Waals surface area contributed by atoms with Gasteiger partial charge in [0.05, 0.1) is 11.5 Å². The quantitative estimate of drug-likeness (QED) is 0.544. The number of carbonyl (C=O) groups excluding carboxylic acids is 2. The first-order chi connectivity index (χ1) is 16.2. The number of nitrogens with one attached hydrogen (secondary N) is 1. The highest BCUT2D eigenvalue weighted by molar-refractivity contribution is 7.91. The molecule has 0 atom stereocenters. The van der Waals surface area contributed by atoms with Gasteiger partial charge in [-0.05, 0) is 55.7 Å². The topological polar surface area (TPSA) is 110 Å². The summed E-state index contributed by atoms with van der Waals surface area (Å²) in [6.45, 7) is 1.60. The summed E-state index contributed by atoms with van der Waals surface area (Å²) in [6.07, 6.45) is 3.36. The zero-order valence-electron chi connectivity index (χ0n) is 18.5. The Morgan fingerprint density at radius 1 is 1.15 bits per heavy atom. The van der Waals surface area contributed by atoms with Gasteiger partial charge >= 0.3 is 0 Å². The van der Waals surface area contributed by atoms with Gasteiger partial charge < -0.3 is 14.6 Å². The predicted molar refractivity (Wildman–Crippen MR) is 130 cm³/mol. The standard InChI is InChI=1S/C24H24ClN3O5S/c1-16-12-20(6-7-21(16)25)28(24(30)18-8-10-34(31,32)11-9-18)13-23(29)27-19-4-2-17(3-5-19)22-14-33-15-26-22/h2-7,12,14-15,18H,8-11,13H2,1H3,(H,27,29). The fourth-order valence-corrected chi connectivity index (χ4v) is 5.48. The van der Waals surface area contributed by atoms with Crippen molar-refractivity contribution >= 4 is 44.6 Å². The Bertz CT molecular complexity index is 1280. The molecule has 0 saturated carbocycles. The van der Waals surface area contributed by atoms with Crippen molar-refractivity contribution in [2.75, 3.05) is 28.3 Å². The SMILES string of the molecule is Cc1cc(N(CC(=O)Nc2ccc(-c3cocn3)cc2)C(=O)C2CCS(=O)(=O)CC2)ccc1Cl. The van der Waals surface area contributed by atoms with Crippen molar-refractivity contribution in [3.8, 4) is 11.3 Å². The normalized spacial score (nSPS) is 15.6. The Hall–Kier alpha value is -3.17. The van der Waals surface area contributed by atoms with Gasteiger partial charge in [-0.3, -0.25) is 9.59 Å². The van der Waals surface area contributed by atoms with Crippen LogP contribution >= 0.6 is 11.6 Å². The molecule has 34 heavy (non-hydrogen) atoms. The van der Waals surface area contributed by atoms with Gasteiger partial charge in [0, 0.05) is 27.9 Å². The number of sulfone groups is 1. The smallest absolute Gasteiger partial charge is 0.244 e. The van der Waals surface area contributed by atoms with E-state index in [4.69, 9.17) is 16.0 Å². The summed E-state index contributed by atoms with van der Waals surface area (Å²) in [5.41, 5.74) is 3.40. The molecular formula is C24H24ClN3O5S. The number of hydrogen-bond acceptors (Lipinski definition) is 6. The Kier molecular flexibility index (Phi) is 7.04. The summed E-state index contributed by atoms with van der Waals surface area (Å²) in [5, 5.41) is 3.37. The third-order valence-electron chi connectivity index (χ3n) is 5.82. The summed E-state index contributed by atoms with van der Waals surface area (Å²) < 4.78 is 28.6. The molecule has 2 amide bonds. The minimum atomic E-state index is -3.11. The lowest BCUT2D eigenvalue weighted by Gasteiger charge is -2.29. The highest BCUT2D eigenvalue weighted by Crippen LogP contribution is 2.27. The number of carbonyl (C=O) groups is 2. The van der Waals surface area contributed by atoms with E-state index in [1.54, 1.807) is 42.5 Å². The maximum absolute atomic E-state index is 13.4. The Labute approximate surface area is 202 Å². The molecule has 1 aliphatic heterocycles. The van der Waals surface area contributed by atoms with Crippen molar-refractivity contribution in [1.29, 1.82) is 0 Å². The average Bonchev–Trinajstić information content (AvgIpc) is 3.34. The summed E-state index contributed by atoms with van der Waals surface area (Å²) in [5.74, 6) is -1.16. The highest BCUT2D eigenvalue weighted by atomic mass is 35.5. The van der Waals surface area contributed by atoms with E-state index in [9.17, 15) is 18.0 Å². The summed E-state index contributed by atoms with van der Waals surface area (Å²) >= 11 is 6.15. The van der Waals surface area contributed by atoms with Gasteiger partial charge in [0.15, 0.2) is 6.39 Å². The largest absolute Gasteiger partial charge is 0.451 e. The second-order valence-corrected chi connectivity index (χ2v) is 11.0. The maximum atomic E-state index is 13.4. The molecule has 0 unspecified atom stereocenters. The molecule has 1 aliphatic rings. The molecule has 0 aliphatic carbocycles. The van der Waals surface area contributed by atoms with Crippen LogP contribution in [0.25, 0.3) is 11.3 Å². The Morgan fingerprint density at radius 3 is 2.47 bits per heavy atom. The van der Waals surface area contributed by atoms with Gasteiger partial charge in [-0.1, -0.05) is 23.7 Å². The highest BCUT2D eigenvalue weighted by Gasteiger charge is 2.32. The molecule has 2 heterocycles. The van der Waals surface area contributed by atoms with E-state index in [-0.39, 0.29) is 42.7 Å². The van der Waals surface area contributed by atoms with Crippen molar-refractivity contribution in [3.05, 3.63) is 65.7 Å². The number of hydrogen-bond donors (Lipinski definition) is 1. The first kappa shape index (κ1) is 24.0. The van der Waals surface area contributed by atoms with E-state index >= 15 is 0 Å². The van der Waals surface area contributed by atoms with Crippen LogP contribution < -0.4 is 10.2 Å². The van der Waals surface area contributed by atoms with Gasteiger partial charge in [-0.2, -0.15) is 0 Å². The fourth-order valence-electron chi connectivity index (χ4n) is 3.87. The molecule has 0 bridgehead atoms. The number of nitrogens with zero attached hydrogens (tertiary/aromatic N) is 2.